The molecule has 3 unspecified atom stereocenters. The summed E-state index contributed by atoms with van der Waals surface area (Å²) < 4.78 is 21.0. The standard InChI is InChI=1S/C10H14N5O8P.2Na.H2O/c11-10-13-7-4(8(18)14-10)12-2-15(7)9-6(17)5(16)3(23-9)1-22-24(19,20)21;;;/h2-3,5-6,9,16-17H,1H2,(H2,19,20,21)(H3,11,13,14,18);;;1H2/q;2*+1;/p-2/t3?,5?,6?,9-;;;/m1.../s1. The van der Waals surface area contributed by atoms with Crippen LogP contribution in [0.3, 0.4) is 0 Å². The van der Waals surface area contributed by atoms with Crippen LogP contribution in [0.25, 0.3) is 11.2 Å². The van der Waals surface area contributed by atoms with Gasteiger partial charge in [-0.2, -0.15) is 4.98 Å². The molecular formula is C10H14N5Na2O9P. The Labute approximate surface area is 195 Å². The largest absolute Gasteiger partial charge is 1.00 e. The van der Waals surface area contributed by atoms with Gasteiger partial charge in [-0.05, 0) is 0 Å². The molecule has 4 atom stereocenters. The Hall–Kier alpha value is 0.1000. The van der Waals surface area contributed by atoms with Crippen molar-refractivity contribution in [2.24, 2.45) is 0 Å². The number of nitrogens with zero attached hydrogens (tertiary/aromatic N) is 3. The van der Waals surface area contributed by atoms with Crippen LogP contribution in [0.1, 0.15) is 6.23 Å². The number of aromatic amines is 1. The summed E-state index contributed by atoms with van der Waals surface area (Å²) in [5.41, 5.74) is 4.77. The third kappa shape index (κ3) is 5.81. The second-order valence-electron chi connectivity index (χ2n) is 5.06. The molecule has 0 radical (unpaired) electrons. The third-order valence-electron chi connectivity index (χ3n) is 3.46. The number of anilines is 1. The van der Waals surface area contributed by atoms with Gasteiger partial charge in [0.2, 0.25) is 5.95 Å². The molecule has 1 fully saturated rings. The van der Waals surface area contributed by atoms with E-state index in [-0.39, 0.29) is 81.7 Å². The molecule has 1 aliphatic heterocycles. The van der Waals surface area contributed by atoms with E-state index in [1.807, 2.05) is 0 Å². The number of rotatable bonds is 4. The Balaban J connectivity index is 0.00000225. The number of nitrogens with one attached hydrogen (secondary N) is 1. The molecule has 0 bridgehead atoms. The van der Waals surface area contributed by atoms with Gasteiger partial charge in [-0.15, -0.1) is 0 Å². The molecule has 14 nitrogen and oxygen atoms in total. The Bertz CT molecular complexity index is 872. The number of hydrogen-bond donors (Lipinski definition) is 4. The summed E-state index contributed by atoms with van der Waals surface area (Å²) >= 11 is 0. The summed E-state index contributed by atoms with van der Waals surface area (Å²) in [6.07, 6.45) is -4.46. The number of nitrogens with two attached hydrogens (primary N) is 1. The van der Waals surface area contributed by atoms with E-state index in [9.17, 15) is 29.4 Å². The first-order chi connectivity index (χ1) is 11.2. The molecule has 2 aromatic rings. The number of nitrogen functional groups attached to an aromatic ring is 1. The van der Waals surface area contributed by atoms with Crippen molar-refractivity contribution in [3.63, 3.8) is 0 Å². The predicted molar refractivity (Wildman–Crippen MR) is 75.7 cm³/mol. The Morgan fingerprint density at radius 1 is 1.37 bits per heavy atom. The van der Waals surface area contributed by atoms with Crippen molar-refractivity contribution >= 4 is 24.9 Å². The Morgan fingerprint density at radius 2 is 2.00 bits per heavy atom. The topological polar surface area (TPSA) is 243 Å². The van der Waals surface area contributed by atoms with Crippen LogP contribution in [-0.4, -0.2) is 60.1 Å². The van der Waals surface area contributed by atoms with E-state index >= 15 is 0 Å². The van der Waals surface area contributed by atoms with Gasteiger partial charge in [0.15, 0.2) is 17.4 Å². The number of fused-ring (bicyclic) bond motifs is 1. The maximum Gasteiger partial charge on any atom is 1.00 e. The van der Waals surface area contributed by atoms with Crippen LogP contribution >= 0.6 is 7.82 Å². The van der Waals surface area contributed by atoms with E-state index in [1.165, 1.54) is 0 Å². The van der Waals surface area contributed by atoms with Gasteiger partial charge in [0.1, 0.15) is 18.3 Å². The van der Waals surface area contributed by atoms with Crippen LogP contribution in [0.4, 0.5) is 5.95 Å². The van der Waals surface area contributed by atoms with Crippen molar-refractivity contribution in [2.75, 3.05) is 12.3 Å². The molecule has 3 heterocycles. The summed E-state index contributed by atoms with van der Waals surface area (Å²) in [6, 6.07) is 0. The van der Waals surface area contributed by atoms with E-state index in [2.05, 4.69) is 19.5 Å². The van der Waals surface area contributed by atoms with Crippen LogP contribution in [0, 0.1) is 0 Å². The van der Waals surface area contributed by atoms with Gasteiger partial charge in [-0.1, -0.05) is 0 Å². The van der Waals surface area contributed by atoms with Crippen molar-refractivity contribution < 1.29 is 98.4 Å². The predicted octanol–water partition coefficient (Wildman–Crippen LogP) is -10.7. The smallest absolute Gasteiger partial charge is 0.790 e. The summed E-state index contributed by atoms with van der Waals surface area (Å²) in [5.74, 6) is -0.194. The van der Waals surface area contributed by atoms with Crippen LogP contribution in [-0.2, 0) is 13.8 Å². The molecule has 0 amide bonds. The maximum atomic E-state index is 11.7. The summed E-state index contributed by atoms with van der Waals surface area (Å²) in [6.45, 7) is -0.776. The van der Waals surface area contributed by atoms with E-state index in [0.717, 1.165) is 10.9 Å². The first kappa shape index (κ1) is 27.1. The molecule has 3 rings (SSSR count). The first-order valence-corrected chi connectivity index (χ1v) is 8.04. The summed E-state index contributed by atoms with van der Waals surface area (Å²) in [4.78, 5) is 42.7. The minimum atomic E-state index is -5.26. The van der Waals surface area contributed by atoms with Crippen molar-refractivity contribution in [1.29, 1.82) is 0 Å². The second kappa shape index (κ2) is 10.2. The molecule has 0 saturated carbocycles. The zero-order valence-electron chi connectivity index (χ0n) is 14.3. The third-order valence-corrected chi connectivity index (χ3v) is 3.92. The van der Waals surface area contributed by atoms with Crippen LogP contribution in [0.5, 0.6) is 0 Å². The number of phosphoric ester groups is 1. The molecule has 17 heteroatoms. The number of aliphatic hydroxyl groups is 2. The average molecular weight is 425 g/mol. The number of phosphoric acid groups is 1. The monoisotopic (exact) mass is 425 g/mol. The molecular weight excluding hydrogens is 411 g/mol. The Kier molecular flexibility index (Phi) is 10.3. The number of ether oxygens (including phenoxy) is 1. The van der Waals surface area contributed by atoms with Gasteiger partial charge in [0.25, 0.3) is 5.56 Å². The fourth-order valence-corrected chi connectivity index (χ4v) is 2.72. The van der Waals surface area contributed by atoms with Gasteiger partial charge in [0.05, 0.1) is 20.8 Å². The minimum absolute atomic E-state index is 0. The quantitative estimate of drug-likeness (QED) is 0.264. The fraction of sp³-hybridized carbons (Fsp3) is 0.500. The van der Waals surface area contributed by atoms with Gasteiger partial charge >= 0.3 is 59.1 Å². The van der Waals surface area contributed by atoms with Crippen LogP contribution in [0.2, 0.25) is 0 Å². The van der Waals surface area contributed by atoms with E-state index in [0.29, 0.717) is 0 Å². The molecule has 0 aliphatic carbocycles. The molecule has 140 valence electrons. The molecule has 1 aliphatic rings. The van der Waals surface area contributed by atoms with Gasteiger partial charge < -0.3 is 45.0 Å². The number of hydrogen-bond acceptors (Lipinski definition) is 11. The Morgan fingerprint density at radius 3 is 2.59 bits per heavy atom. The number of aliphatic hydroxyl groups excluding tert-OH is 2. The molecule has 7 N–H and O–H groups in total. The number of aromatic nitrogens is 4. The first-order valence-electron chi connectivity index (χ1n) is 6.58. The SMILES string of the molecule is Nc1nc2c(ncn2[C@@H]2OC(COP(=O)([O-])[O-])C(O)C2O)c(=O)[nH]1.O.[Na+].[Na+]. The average Bonchev–Trinajstić information content (AvgIpc) is 3.00. The van der Waals surface area contributed by atoms with Crippen molar-refractivity contribution in [2.45, 2.75) is 24.5 Å². The normalized spacial score (nSPS) is 24.7. The zero-order chi connectivity index (χ0) is 17.6. The maximum absolute atomic E-state index is 11.7. The zero-order valence-corrected chi connectivity index (χ0v) is 19.2. The van der Waals surface area contributed by atoms with E-state index in [4.69, 9.17) is 10.5 Å². The fourth-order valence-electron chi connectivity index (χ4n) is 2.39. The number of H-pyrrole nitrogens is 1. The van der Waals surface area contributed by atoms with E-state index < -0.39 is 44.5 Å². The molecule has 1 saturated heterocycles. The molecule has 2 aromatic heterocycles. The number of imidazole rings is 1. The van der Waals surface area contributed by atoms with Crippen LogP contribution in [0.15, 0.2) is 11.1 Å². The molecule has 0 aromatic carbocycles. The minimum Gasteiger partial charge on any atom is -0.790 e. The van der Waals surface area contributed by atoms with Gasteiger partial charge in [-0.3, -0.25) is 14.3 Å². The molecule has 27 heavy (non-hydrogen) atoms. The second-order valence-corrected chi connectivity index (χ2v) is 6.22. The molecule has 0 spiro atoms. The van der Waals surface area contributed by atoms with Crippen LogP contribution < -0.4 is 80.2 Å². The van der Waals surface area contributed by atoms with Gasteiger partial charge in [-0.25, -0.2) is 4.98 Å². The van der Waals surface area contributed by atoms with Gasteiger partial charge in [0, 0.05) is 0 Å². The summed E-state index contributed by atoms with van der Waals surface area (Å²) in [5, 5.41) is 20.0. The van der Waals surface area contributed by atoms with Crippen molar-refractivity contribution in [1.82, 2.24) is 19.5 Å². The van der Waals surface area contributed by atoms with Crippen molar-refractivity contribution in [3.8, 4) is 0 Å². The van der Waals surface area contributed by atoms with Crippen molar-refractivity contribution in [3.05, 3.63) is 16.7 Å². The van der Waals surface area contributed by atoms with E-state index in [1.54, 1.807) is 0 Å². The summed E-state index contributed by atoms with van der Waals surface area (Å²) in [7, 11) is -5.26.